The molecule has 0 atom stereocenters. The van der Waals surface area contributed by atoms with Gasteiger partial charge in [0.15, 0.2) is 0 Å². The Morgan fingerprint density at radius 2 is 2.00 bits per heavy atom. The molecule has 0 bridgehead atoms. The molecule has 0 heterocycles. The first kappa shape index (κ1) is 22.7. The zero-order chi connectivity index (χ0) is 20.5. The van der Waals surface area contributed by atoms with Crippen molar-refractivity contribution in [3.63, 3.8) is 0 Å². The van der Waals surface area contributed by atoms with Crippen LogP contribution in [0.5, 0.6) is 0 Å². The van der Waals surface area contributed by atoms with Crippen LogP contribution in [0.2, 0.25) is 0 Å². The molecule has 0 spiro atoms. The quantitative estimate of drug-likeness (QED) is 0.336. The van der Waals surface area contributed by atoms with Gasteiger partial charge in [-0.15, -0.1) is 0 Å². The number of hydrogen-bond acceptors (Lipinski definition) is 5. The molecule has 1 aliphatic carbocycles. The number of amides is 1. The Hall–Kier alpha value is -1.60. The first-order chi connectivity index (χ1) is 13.4. The second-order valence-corrected chi connectivity index (χ2v) is 8.19. The number of rotatable bonds is 9. The predicted molar refractivity (Wildman–Crippen MR) is 115 cm³/mol. The van der Waals surface area contributed by atoms with Gasteiger partial charge in [0.25, 0.3) is 5.91 Å². The van der Waals surface area contributed by atoms with E-state index in [4.69, 9.17) is 10.5 Å². The molecule has 1 aromatic rings. The molecule has 1 aromatic carbocycles. The molecule has 1 saturated carbocycles. The molecule has 0 unspecified atom stereocenters. The monoisotopic (exact) mass is 453 g/mol. The summed E-state index contributed by atoms with van der Waals surface area (Å²) in [5, 5.41) is 2.87. The normalized spacial score (nSPS) is 14.9. The summed E-state index contributed by atoms with van der Waals surface area (Å²) in [4.78, 5) is 25.8. The second-order valence-electron chi connectivity index (χ2n) is 7.34. The Morgan fingerprint density at radius 3 is 2.64 bits per heavy atom. The number of benzene rings is 1. The summed E-state index contributed by atoms with van der Waals surface area (Å²) in [5.41, 5.74) is 8.56. The van der Waals surface area contributed by atoms with Crippen LogP contribution in [0.15, 0.2) is 16.6 Å². The van der Waals surface area contributed by atoms with Crippen molar-refractivity contribution < 1.29 is 14.3 Å². The van der Waals surface area contributed by atoms with Gasteiger partial charge in [0.2, 0.25) is 0 Å². The molecule has 1 amide bonds. The number of nitrogen functional groups attached to an aromatic ring is 1. The molecule has 0 aromatic heterocycles. The first-order valence-corrected chi connectivity index (χ1v) is 10.9. The molecule has 28 heavy (non-hydrogen) atoms. The third-order valence-corrected chi connectivity index (χ3v) is 5.92. The Bertz CT molecular complexity index is 675. The van der Waals surface area contributed by atoms with E-state index in [-0.39, 0.29) is 11.9 Å². The van der Waals surface area contributed by atoms with E-state index >= 15 is 0 Å². The minimum absolute atomic E-state index is 0.148. The van der Waals surface area contributed by atoms with Crippen molar-refractivity contribution in [3.8, 4) is 0 Å². The largest absolute Gasteiger partial charge is 0.466 e. The number of nitrogens with one attached hydrogen (secondary N) is 1. The first-order valence-electron chi connectivity index (χ1n) is 10.2. The number of nitrogens with zero attached hydrogens (tertiary/aromatic N) is 1. The summed E-state index contributed by atoms with van der Waals surface area (Å²) >= 11 is 3.50. The highest BCUT2D eigenvalue weighted by atomic mass is 79.9. The predicted octanol–water partition coefficient (Wildman–Crippen LogP) is 3.87. The number of ether oxygens (including phenoxy) is 1. The summed E-state index contributed by atoms with van der Waals surface area (Å²) in [6.07, 6.45) is 6.95. The fourth-order valence-corrected chi connectivity index (χ4v) is 4.19. The van der Waals surface area contributed by atoms with E-state index in [9.17, 15) is 9.59 Å². The van der Waals surface area contributed by atoms with Gasteiger partial charge in [-0.1, -0.05) is 26.2 Å². The lowest BCUT2D eigenvalue weighted by atomic mass is 9.93. The van der Waals surface area contributed by atoms with E-state index in [0.717, 1.165) is 23.1 Å². The maximum Gasteiger partial charge on any atom is 0.302 e. The Labute approximate surface area is 176 Å². The average Bonchev–Trinajstić information content (AvgIpc) is 2.69. The molecular weight excluding hydrogens is 422 g/mol. The molecule has 1 fully saturated rings. The highest BCUT2D eigenvalue weighted by molar-refractivity contribution is 9.10. The maximum absolute atomic E-state index is 12.5. The third-order valence-electron chi connectivity index (χ3n) is 5.26. The lowest BCUT2D eigenvalue weighted by molar-refractivity contribution is -0.140. The van der Waals surface area contributed by atoms with Crippen molar-refractivity contribution in [3.05, 3.63) is 27.7 Å². The SMILES string of the molecule is CCN(Cc1cc(C(=O)NCCCOC(C)=O)cc(Br)c1N)C1CCCCC1. The Kier molecular flexibility index (Phi) is 9.25. The zero-order valence-corrected chi connectivity index (χ0v) is 18.5. The molecule has 156 valence electrons. The summed E-state index contributed by atoms with van der Waals surface area (Å²) in [7, 11) is 0. The smallest absolute Gasteiger partial charge is 0.302 e. The van der Waals surface area contributed by atoms with E-state index in [0.29, 0.717) is 36.9 Å². The number of hydrogen-bond donors (Lipinski definition) is 2. The van der Waals surface area contributed by atoms with Gasteiger partial charge in [-0.3, -0.25) is 14.5 Å². The minimum Gasteiger partial charge on any atom is -0.466 e. The third kappa shape index (κ3) is 6.78. The highest BCUT2D eigenvalue weighted by Crippen LogP contribution is 2.29. The molecule has 6 nitrogen and oxygen atoms in total. The van der Waals surface area contributed by atoms with Crippen LogP contribution in [0.4, 0.5) is 5.69 Å². The van der Waals surface area contributed by atoms with Crippen molar-refractivity contribution in [2.24, 2.45) is 0 Å². The van der Waals surface area contributed by atoms with Gasteiger partial charge in [-0.05, 0) is 59.4 Å². The van der Waals surface area contributed by atoms with Gasteiger partial charge < -0.3 is 15.8 Å². The molecule has 1 aliphatic rings. The van der Waals surface area contributed by atoms with Gasteiger partial charge in [0.1, 0.15) is 0 Å². The van der Waals surface area contributed by atoms with Crippen LogP contribution in [0.1, 0.15) is 68.3 Å². The van der Waals surface area contributed by atoms with Crippen LogP contribution in [0.3, 0.4) is 0 Å². The van der Waals surface area contributed by atoms with Crippen LogP contribution < -0.4 is 11.1 Å². The van der Waals surface area contributed by atoms with Crippen LogP contribution in [0.25, 0.3) is 0 Å². The number of anilines is 1. The second kappa shape index (κ2) is 11.4. The molecule has 3 N–H and O–H groups in total. The van der Waals surface area contributed by atoms with E-state index in [2.05, 4.69) is 33.1 Å². The van der Waals surface area contributed by atoms with Crippen LogP contribution in [-0.2, 0) is 16.1 Å². The number of halogens is 1. The van der Waals surface area contributed by atoms with Crippen LogP contribution in [-0.4, -0.2) is 42.5 Å². The standard InChI is InChI=1S/C21H32BrN3O3/c1-3-25(18-8-5-4-6-9-18)14-17-12-16(13-19(22)20(17)23)21(27)24-10-7-11-28-15(2)26/h12-13,18H,3-11,14,23H2,1-2H3,(H,24,27). The number of carbonyl (C=O) groups is 2. The Balaban J connectivity index is 2.01. The van der Waals surface area contributed by atoms with Gasteiger partial charge in [0.05, 0.1) is 12.3 Å². The van der Waals surface area contributed by atoms with Crippen LogP contribution in [0, 0.1) is 0 Å². The zero-order valence-electron chi connectivity index (χ0n) is 16.9. The summed E-state index contributed by atoms with van der Waals surface area (Å²) in [6.45, 7) is 6.03. The van der Waals surface area contributed by atoms with Crippen LogP contribution >= 0.6 is 15.9 Å². The fraction of sp³-hybridized carbons (Fsp3) is 0.619. The lowest BCUT2D eigenvalue weighted by Crippen LogP contribution is -2.36. The van der Waals surface area contributed by atoms with Crippen molar-refractivity contribution in [2.75, 3.05) is 25.4 Å². The molecule has 0 radical (unpaired) electrons. The number of carbonyl (C=O) groups excluding carboxylic acids is 2. The molecule has 0 aliphatic heterocycles. The summed E-state index contributed by atoms with van der Waals surface area (Å²) in [6, 6.07) is 4.25. The molecule has 0 saturated heterocycles. The van der Waals surface area contributed by atoms with E-state index in [1.165, 1.54) is 39.0 Å². The van der Waals surface area contributed by atoms with Crippen molar-refractivity contribution in [1.29, 1.82) is 0 Å². The molecule has 2 rings (SSSR count). The Morgan fingerprint density at radius 1 is 1.29 bits per heavy atom. The molecular formula is C21H32BrN3O3. The van der Waals surface area contributed by atoms with E-state index < -0.39 is 0 Å². The highest BCUT2D eigenvalue weighted by Gasteiger charge is 2.21. The number of esters is 1. The topological polar surface area (TPSA) is 84.7 Å². The van der Waals surface area contributed by atoms with Gasteiger partial charge in [-0.2, -0.15) is 0 Å². The molecule has 7 heteroatoms. The summed E-state index contributed by atoms with van der Waals surface area (Å²) < 4.78 is 5.62. The van der Waals surface area contributed by atoms with Crippen molar-refractivity contribution >= 4 is 33.5 Å². The van der Waals surface area contributed by atoms with Gasteiger partial charge in [-0.25, -0.2) is 0 Å². The fourth-order valence-electron chi connectivity index (χ4n) is 3.69. The van der Waals surface area contributed by atoms with Crippen molar-refractivity contribution in [1.82, 2.24) is 10.2 Å². The van der Waals surface area contributed by atoms with Crippen molar-refractivity contribution in [2.45, 2.75) is 65.0 Å². The lowest BCUT2D eigenvalue weighted by Gasteiger charge is -2.34. The van der Waals surface area contributed by atoms with Gasteiger partial charge >= 0.3 is 5.97 Å². The van der Waals surface area contributed by atoms with E-state index in [1.807, 2.05) is 6.07 Å². The number of nitrogens with two attached hydrogens (primary N) is 1. The maximum atomic E-state index is 12.5. The summed E-state index contributed by atoms with van der Waals surface area (Å²) in [5.74, 6) is -0.456. The van der Waals surface area contributed by atoms with Gasteiger partial charge in [0, 0.05) is 36.1 Å². The average molecular weight is 454 g/mol. The van der Waals surface area contributed by atoms with E-state index in [1.54, 1.807) is 6.07 Å². The minimum atomic E-state index is -0.308.